The number of halogens is 5. The number of nitrogens with zero attached hydrogens (tertiary/aromatic N) is 3. The number of alkyl halides is 4. The predicted molar refractivity (Wildman–Crippen MR) is 159 cm³/mol. The third-order valence-corrected chi connectivity index (χ3v) is 8.88. The Morgan fingerprint density at radius 2 is 1.82 bits per heavy atom. The number of anilines is 1. The fraction of sp³-hybridized carbons (Fsp3) is 0.375. The molecule has 45 heavy (non-hydrogen) atoms. The first-order chi connectivity index (χ1) is 21.4. The van der Waals surface area contributed by atoms with Gasteiger partial charge in [0.15, 0.2) is 0 Å². The molecule has 0 bridgehead atoms. The molecule has 2 aromatic carbocycles. The Hall–Kier alpha value is -4.03. The monoisotopic (exact) mass is 643 g/mol. The molecular formula is C32H30ClF4N5O3. The van der Waals surface area contributed by atoms with Gasteiger partial charge >= 0.3 is 6.18 Å². The molecule has 3 aliphatic rings. The van der Waals surface area contributed by atoms with E-state index in [2.05, 4.69) is 15.6 Å². The average molecular weight is 644 g/mol. The minimum atomic E-state index is -4.65. The summed E-state index contributed by atoms with van der Waals surface area (Å²) in [5.41, 5.74) is 0.370. The minimum Gasteiger partial charge on any atom is -0.356 e. The SMILES string of the molecule is O=C1CC[C@H](N2Cc3cc(CNCC4(F)CCN(c5ncc(-c6cccc(Cl)c6)cc5C(F)(F)F)CC4)ccc3C2=O)C(=O)N1. The van der Waals surface area contributed by atoms with Crippen molar-refractivity contribution in [2.24, 2.45) is 0 Å². The molecule has 0 unspecified atom stereocenters. The van der Waals surface area contributed by atoms with Crippen molar-refractivity contribution in [1.29, 1.82) is 0 Å². The summed E-state index contributed by atoms with van der Waals surface area (Å²) in [6, 6.07) is 12.2. The van der Waals surface area contributed by atoms with Gasteiger partial charge in [-0.2, -0.15) is 13.2 Å². The molecule has 0 saturated carbocycles. The van der Waals surface area contributed by atoms with Crippen LogP contribution in [0, 0.1) is 0 Å². The van der Waals surface area contributed by atoms with Crippen LogP contribution in [0.15, 0.2) is 54.7 Å². The molecule has 3 aliphatic heterocycles. The van der Waals surface area contributed by atoms with Gasteiger partial charge in [0.25, 0.3) is 5.91 Å². The second-order valence-electron chi connectivity index (χ2n) is 11.7. The van der Waals surface area contributed by atoms with Gasteiger partial charge in [0.1, 0.15) is 17.5 Å². The lowest BCUT2D eigenvalue weighted by Gasteiger charge is -2.38. The number of rotatable bonds is 7. The van der Waals surface area contributed by atoms with Crippen molar-refractivity contribution in [1.82, 2.24) is 20.5 Å². The summed E-state index contributed by atoms with van der Waals surface area (Å²) in [4.78, 5) is 43.8. The standard InChI is InChI=1S/C32H30ClF4N5O3/c33-23-3-1-2-20(13-23)21-14-25(32(35,36)37)28(39-16-21)41-10-8-31(34,9-11-41)18-38-15-19-4-5-24-22(12-19)17-42(30(24)45)26-6-7-27(43)40-29(26)44/h1-5,12-14,16,26,38H,6-11,15,17-18H2,(H,40,43,44)/t26-/m0/s1. The van der Waals surface area contributed by atoms with Crippen LogP contribution in [0.25, 0.3) is 11.1 Å². The van der Waals surface area contributed by atoms with Gasteiger partial charge in [-0.1, -0.05) is 35.9 Å². The lowest BCUT2D eigenvalue weighted by Crippen LogP contribution is -2.52. The van der Waals surface area contributed by atoms with Gasteiger partial charge in [-0.05, 0) is 47.4 Å². The normalized spacial score (nSPS) is 19.9. The zero-order valence-corrected chi connectivity index (χ0v) is 24.8. The van der Waals surface area contributed by atoms with Crippen LogP contribution in [0.3, 0.4) is 0 Å². The maximum Gasteiger partial charge on any atom is 0.419 e. The number of hydrogen-bond donors (Lipinski definition) is 2. The lowest BCUT2D eigenvalue weighted by molar-refractivity contribution is -0.138. The highest BCUT2D eigenvalue weighted by molar-refractivity contribution is 6.30. The quantitative estimate of drug-likeness (QED) is 0.269. The highest BCUT2D eigenvalue weighted by atomic mass is 35.5. The van der Waals surface area contributed by atoms with Gasteiger partial charge in [-0.3, -0.25) is 19.7 Å². The Bertz CT molecular complexity index is 1660. The summed E-state index contributed by atoms with van der Waals surface area (Å²) in [6.45, 7) is 0.710. The van der Waals surface area contributed by atoms with Crippen LogP contribution in [0.4, 0.5) is 23.4 Å². The molecule has 3 aromatic rings. The number of benzene rings is 2. The van der Waals surface area contributed by atoms with E-state index < -0.39 is 29.4 Å². The number of imide groups is 1. The van der Waals surface area contributed by atoms with Crippen molar-refractivity contribution >= 4 is 35.1 Å². The number of piperidine rings is 2. The van der Waals surface area contributed by atoms with Crippen LogP contribution in [0.2, 0.25) is 5.02 Å². The van der Waals surface area contributed by atoms with Gasteiger partial charge in [0.2, 0.25) is 11.8 Å². The Balaban J connectivity index is 1.06. The lowest BCUT2D eigenvalue weighted by atomic mass is 9.92. The molecule has 2 fully saturated rings. The Labute approximate surface area is 261 Å². The van der Waals surface area contributed by atoms with Crippen LogP contribution < -0.4 is 15.5 Å². The molecule has 4 heterocycles. The minimum absolute atomic E-state index is 0.00646. The molecular weight excluding hydrogens is 614 g/mol. The number of carbonyl (C=O) groups excluding carboxylic acids is 3. The maximum atomic E-state index is 15.8. The van der Waals surface area contributed by atoms with Crippen LogP contribution in [-0.2, 0) is 28.9 Å². The smallest absolute Gasteiger partial charge is 0.356 e. The van der Waals surface area contributed by atoms with E-state index in [0.29, 0.717) is 22.7 Å². The number of aromatic nitrogens is 1. The number of carbonyl (C=O) groups is 3. The molecule has 2 saturated heterocycles. The van der Waals surface area contributed by atoms with Crippen molar-refractivity contribution in [3.63, 3.8) is 0 Å². The van der Waals surface area contributed by atoms with Crippen molar-refractivity contribution in [2.45, 2.75) is 56.7 Å². The zero-order valence-electron chi connectivity index (χ0n) is 24.1. The zero-order chi connectivity index (χ0) is 31.9. The second kappa shape index (κ2) is 12.1. The van der Waals surface area contributed by atoms with Gasteiger partial charge in [0, 0.05) is 74.3 Å². The Kier molecular flexibility index (Phi) is 8.30. The first-order valence-corrected chi connectivity index (χ1v) is 15.0. The van der Waals surface area contributed by atoms with E-state index in [9.17, 15) is 27.6 Å². The largest absolute Gasteiger partial charge is 0.419 e. The van der Waals surface area contributed by atoms with Crippen molar-refractivity contribution < 1.29 is 31.9 Å². The van der Waals surface area contributed by atoms with Crippen LogP contribution in [0.5, 0.6) is 0 Å². The molecule has 1 aromatic heterocycles. The van der Waals surface area contributed by atoms with Crippen molar-refractivity contribution in [2.75, 3.05) is 24.5 Å². The molecule has 0 spiro atoms. The second-order valence-corrected chi connectivity index (χ2v) is 12.2. The summed E-state index contributed by atoms with van der Waals surface area (Å²) in [7, 11) is 0. The molecule has 0 radical (unpaired) electrons. The van der Waals surface area contributed by atoms with E-state index in [1.54, 1.807) is 36.4 Å². The third-order valence-electron chi connectivity index (χ3n) is 8.65. The van der Waals surface area contributed by atoms with E-state index in [1.807, 2.05) is 6.07 Å². The number of hydrogen-bond acceptors (Lipinski definition) is 6. The predicted octanol–water partition coefficient (Wildman–Crippen LogP) is 5.28. The summed E-state index contributed by atoms with van der Waals surface area (Å²) in [5, 5.41) is 5.80. The first-order valence-electron chi connectivity index (χ1n) is 14.6. The number of nitrogens with one attached hydrogen (secondary N) is 2. The first kappa shape index (κ1) is 31.0. The maximum absolute atomic E-state index is 15.8. The average Bonchev–Trinajstić information content (AvgIpc) is 3.32. The van der Waals surface area contributed by atoms with E-state index in [4.69, 9.17) is 11.6 Å². The molecule has 8 nitrogen and oxygen atoms in total. The van der Waals surface area contributed by atoms with E-state index in [0.717, 1.165) is 17.2 Å². The van der Waals surface area contributed by atoms with Crippen molar-refractivity contribution in [3.05, 3.63) is 82.0 Å². The van der Waals surface area contributed by atoms with Crippen LogP contribution >= 0.6 is 11.6 Å². The number of fused-ring (bicyclic) bond motifs is 1. The fourth-order valence-electron chi connectivity index (χ4n) is 6.21. The fourth-order valence-corrected chi connectivity index (χ4v) is 6.40. The molecule has 2 N–H and O–H groups in total. The summed E-state index contributed by atoms with van der Waals surface area (Å²) >= 11 is 6.02. The van der Waals surface area contributed by atoms with Gasteiger partial charge in [0.05, 0.1) is 5.56 Å². The number of amides is 3. The summed E-state index contributed by atoms with van der Waals surface area (Å²) < 4.78 is 58.0. The molecule has 1 atom stereocenters. The molecule has 6 rings (SSSR count). The summed E-state index contributed by atoms with van der Waals surface area (Å²) in [5.74, 6) is -1.32. The summed E-state index contributed by atoms with van der Waals surface area (Å²) in [6.07, 6.45) is -2.78. The van der Waals surface area contributed by atoms with Crippen LogP contribution in [0.1, 0.15) is 52.7 Å². The van der Waals surface area contributed by atoms with Gasteiger partial charge in [-0.25, -0.2) is 9.37 Å². The molecule has 13 heteroatoms. The highest BCUT2D eigenvalue weighted by Gasteiger charge is 2.41. The molecule has 0 aliphatic carbocycles. The molecule has 3 amide bonds. The van der Waals surface area contributed by atoms with E-state index in [-0.39, 0.29) is 75.1 Å². The van der Waals surface area contributed by atoms with Gasteiger partial charge in [-0.15, -0.1) is 0 Å². The Morgan fingerprint density at radius 1 is 1.04 bits per heavy atom. The third kappa shape index (κ3) is 6.53. The van der Waals surface area contributed by atoms with E-state index >= 15 is 4.39 Å². The van der Waals surface area contributed by atoms with Crippen LogP contribution in [-0.4, -0.2) is 59.0 Å². The Morgan fingerprint density at radius 3 is 2.53 bits per heavy atom. The molecule has 236 valence electrons. The van der Waals surface area contributed by atoms with Gasteiger partial charge < -0.3 is 15.1 Å². The number of pyridine rings is 1. The highest BCUT2D eigenvalue weighted by Crippen LogP contribution is 2.40. The topological polar surface area (TPSA) is 94.6 Å². The van der Waals surface area contributed by atoms with Crippen molar-refractivity contribution in [3.8, 4) is 11.1 Å². The van der Waals surface area contributed by atoms with E-state index in [1.165, 1.54) is 16.0 Å².